The zero-order valence-electron chi connectivity index (χ0n) is 14.8. The molecule has 2 N–H and O–H groups in total. The van der Waals surface area contributed by atoms with Crippen LogP contribution in [0.1, 0.15) is 30.4 Å². The van der Waals surface area contributed by atoms with E-state index >= 15 is 0 Å². The molecule has 1 aliphatic carbocycles. The van der Waals surface area contributed by atoms with Crippen LogP contribution in [0.2, 0.25) is 0 Å². The molecule has 0 amide bonds. The predicted octanol–water partition coefficient (Wildman–Crippen LogP) is 3.77. The van der Waals surface area contributed by atoms with Gasteiger partial charge in [-0.15, -0.1) is 0 Å². The number of aliphatic carboxylic acids is 1. The Kier molecular flexibility index (Phi) is 6.03. The van der Waals surface area contributed by atoms with Crippen LogP contribution in [-0.2, 0) is 27.7 Å². The molecule has 5 nitrogen and oxygen atoms in total. The largest absolute Gasteiger partial charge is 0.481 e. The average molecular weight is 452 g/mol. The van der Waals surface area contributed by atoms with E-state index in [1.54, 1.807) is 24.3 Å². The second kappa shape index (κ2) is 8.12. The van der Waals surface area contributed by atoms with E-state index in [1.165, 1.54) is 0 Å². The molecular formula is C20H22BrNO4S. The van der Waals surface area contributed by atoms with Gasteiger partial charge in [-0.2, -0.15) is 0 Å². The monoisotopic (exact) mass is 451 g/mol. The van der Waals surface area contributed by atoms with E-state index in [4.69, 9.17) is 5.11 Å². The van der Waals surface area contributed by atoms with Gasteiger partial charge in [0.05, 0.1) is 11.3 Å². The molecule has 0 spiro atoms. The second-order valence-electron chi connectivity index (χ2n) is 7.20. The smallest absolute Gasteiger partial charge is 0.307 e. The summed E-state index contributed by atoms with van der Waals surface area (Å²) in [5, 5.41) is 8.86. The fourth-order valence-electron chi connectivity index (χ4n) is 3.42. The number of hydrogen-bond donors (Lipinski definition) is 2. The Morgan fingerprint density at radius 1 is 1.04 bits per heavy atom. The molecule has 27 heavy (non-hydrogen) atoms. The molecule has 0 saturated heterocycles. The maximum Gasteiger partial charge on any atom is 0.307 e. The van der Waals surface area contributed by atoms with Gasteiger partial charge in [0.15, 0.2) is 0 Å². The highest BCUT2D eigenvalue weighted by Gasteiger charge is 2.38. The van der Waals surface area contributed by atoms with Crippen molar-refractivity contribution in [2.75, 3.05) is 6.54 Å². The number of carboxylic acid groups (broad SMARTS) is 1. The summed E-state index contributed by atoms with van der Waals surface area (Å²) in [6, 6.07) is 14.2. The van der Waals surface area contributed by atoms with E-state index in [2.05, 4.69) is 20.7 Å². The van der Waals surface area contributed by atoms with E-state index in [9.17, 15) is 13.2 Å². The van der Waals surface area contributed by atoms with Crippen molar-refractivity contribution in [2.45, 2.75) is 37.0 Å². The van der Waals surface area contributed by atoms with Crippen LogP contribution < -0.4 is 4.72 Å². The highest BCUT2D eigenvalue weighted by Crippen LogP contribution is 2.43. The third kappa shape index (κ3) is 5.18. The van der Waals surface area contributed by atoms with Gasteiger partial charge in [-0.05, 0) is 60.1 Å². The number of sulfonamides is 1. The van der Waals surface area contributed by atoms with E-state index in [0.29, 0.717) is 6.54 Å². The molecule has 1 fully saturated rings. The van der Waals surface area contributed by atoms with Gasteiger partial charge in [0, 0.05) is 11.0 Å². The summed E-state index contributed by atoms with van der Waals surface area (Å²) >= 11 is 3.31. The number of hydrogen-bond acceptors (Lipinski definition) is 3. The Hall–Kier alpha value is -1.70. The third-order valence-corrected chi connectivity index (χ3v) is 7.08. The van der Waals surface area contributed by atoms with E-state index in [-0.39, 0.29) is 16.7 Å². The normalized spacial score (nSPS) is 15.9. The maximum absolute atomic E-state index is 12.5. The zero-order chi connectivity index (χ0) is 19.5. The molecule has 0 radical (unpaired) electrons. The van der Waals surface area contributed by atoms with Gasteiger partial charge >= 0.3 is 5.97 Å². The molecule has 0 atom stereocenters. The lowest BCUT2D eigenvalue weighted by Crippen LogP contribution is -2.43. The molecule has 2 aromatic rings. The highest BCUT2D eigenvalue weighted by molar-refractivity contribution is 9.10. The van der Waals surface area contributed by atoms with Crippen molar-refractivity contribution in [2.24, 2.45) is 5.41 Å². The summed E-state index contributed by atoms with van der Waals surface area (Å²) in [6.45, 7) is 0.405. The van der Waals surface area contributed by atoms with Gasteiger partial charge in [0.1, 0.15) is 0 Å². The topological polar surface area (TPSA) is 83.5 Å². The van der Waals surface area contributed by atoms with E-state index in [0.717, 1.165) is 41.3 Å². The number of carboxylic acids is 1. The van der Waals surface area contributed by atoms with Crippen molar-refractivity contribution in [3.05, 3.63) is 64.1 Å². The SMILES string of the molecule is O=C(O)Cc1ccc(CC2(CNS(=O)(=O)c3ccc(Br)cc3)CCC2)cc1. The van der Waals surface area contributed by atoms with Crippen molar-refractivity contribution in [3.8, 4) is 0 Å². The number of carbonyl (C=O) groups is 1. The summed E-state index contributed by atoms with van der Waals surface area (Å²) in [7, 11) is -3.54. The Morgan fingerprint density at radius 2 is 1.63 bits per heavy atom. The summed E-state index contributed by atoms with van der Waals surface area (Å²) in [5.41, 5.74) is 1.80. The Labute approximate surface area is 168 Å². The minimum atomic E-state index is -3.54. The van der Waals surface area contributed by atoms with Crippen molar-refractivity contribution in [3.63, 3.8) is 0 Å². The lowest BCUT2D eigenvalue weighted by Gasteiger charge is -2.42. The van der Waals surface area contributed by atoms with E-state index in [1.807, 2.05) is 24.3 Å². The molecular weight excluding hydrogens is 430 g/mol. The van der Waals surface area contributed by atoms with Gasteiger partial charge in [-0.1, -0.05) is 46.6 Å². The minimum Gasteiger partial charge on any atom is -0.481 e. The first-order valence-corrected chi connectivity index (χ1v) is 11.1. The molecule has 1 aliphatic rings. The zero-order valence-corrected chi connectivity index (χ0v) is 17.2. The van der Waals surface area contributed by atoms with Crippen LogP contribution >= 0.6 is 15.9 Å². The van der Waals surface area contributed by atoms with Gasteiger partial charge in [-0.25, -0.2) is 13.1 Å². The molecule has 3 rings (SSSR count). The van der Waals surface area contributed by atoms with Crippen LogP contribution in [0.5, 0.6) is 0 Å². The molecule has 7 heteroatoms. The fourth-order valence-corrected chi connectivity index (χ4v) is 4.84. The Morgan fingerprint density at radius 3 is 2.15 bits per heavy atom. The summed E-state index contributed by atoms with van der Waals surface area (Å²) in [5.74, 6) is -0.847. The Bertz CT molecular complexity index is 904. The number of nitrogens with one attached hydrogen (secondary N) is 1. The van der Waals surface area contributed by atoms with Crippen LogP contribution in [0, 0.1) is 5.41 Å². The first-order chi connectivity index (χ1) is 12.8. The van der Waals surface area contributed by atoms with Gasteiger partial charge < -0.3 is 5.11 Å². The maximum atomic E-state index is 12.5. The first kappa shape index (κ1) is 20.0. The second-order valence-corrected chi connectivity index (χ2v) is 9.88. The molecule has 0 bridgehead atoms. The lowest BCUT2D eigenvalue weighted by molar-refractivity contribution is -0.136. The average Bonchev–Trinajstić information content (AvgIpc) is 2.58. The minimum absolute atomic E-state index is 0.0123. The quantitative estimate of drug-likeness (QED) is 0.639. The molecule has 0 unspecified atom stereocenters. The molecule has 0 aromatic heterocycles. The molecule has 0 heterocycles. The van der Waals surface area contributed by atoms with Crippen LogP contribution in [-0.4, -0.2) is 26.0 Å². The lowest BCUT2D eigenvalue weighted by atomic mass is 9.65. The van der Waals surface area contributed by atoms with Crippen LogP contribution in [0.25, 0.3) is 0 Å². The van der Waals surface area contributed by atoms with E-state index < -0.39 is 16.0 Å². The fraction of sp³-hybridized carbons (Fsp3) is 0.350. The summed E-state index contributed by atoms with van der Waals surface area (Å²) < 4.78 is 28.7. The molecule has 1 saturated carbocycles. The van der Waals surface area contributed by atoms with Crippen LogP contribution in [0.15, 0.2) is 57.9 Å². The third-order valence-electron chi connectivity index (χ3n) is 5.13. The van der Waals surface area contributed by atoms with Crippen LogP contribution in [0.3, 0.4) is 0 Å². The number of rotatable bonds is 8. The molecule has 2 aromatic carbocycles. The van der Waals surface area contributed by atoms with Crippen molar-refractivity contribution in [1.29, 1.82) is 0 Å². The van der Waals surface area contributed by atoms with Crippen molar-refractivity contribution < 1.29 is 18.3 Å². The van der Waals surface area contributed by atoms with Gasteiger partial charge in [0.2, 0.25) is 10.0 Å². The predicted molar refractivity (Wildman–Crippen MR) is 107 cm³/mol. The number of benzene rings is 2. The Balaban J connectivity index is 1.65. The number of halogens is 1. The van der Waals surface area contributed by atoms with Crippen LogP contribution in [0.4, 0.5) is 0 Å². The first-order valence-electron chi connectivity index (χ1n) is 8.83. The summed E-state index contributed by atoms with van der Waals surface area (Å²) in [6.07, 6.45) is 3.85. The molecule has 0 aliphatic heterocycles. The van der Waals surface area contributed by atoms with Crippen molar-refractivity contribution >= 4 is 31.9 Å². The summed E-state index contributed by atoms with van der Waals surface area (Å²) in [4.78, 5) is 11.0. The van der Waals surface area contributed by atoms with Gasteiger partial charge in [0.25, 0.3) is 0 Å². The molecule has 144 valence electrons. The highest BCUT2D eigenvalue weighted by atomic mass is 79.9. The van der Waals surface area contributed by atoms with Crippen molar-refractivity contribution in [1.82, 2.24) is 4.72 Å². The standard InChI is InChI=1S/C20H22BrNO4S/c21-17-6-8-18(9-7-17)27(25,26)22-14-20(10-1-11-20)13-16-4-2-15(3-5-16)12-19(23)24/h2-9,22H,1,10-14H2,(H,23,24). The van der Waals surface area contributed by atoms with Gasteiger partial charge in [-0.3, -0.25) is 4.79 Å².